The number of alkyl carbamates (subject to hydrolysis) is 1. The third kappa shape index (κ3) is 9.06. The van der Waals surface area contributed by atoms with Gasteiger partial charge in [-0.3, -0.25) is 9.59 Å². The molecule has 1 aliphatic rings. The van der Waals surface area contributed by atoms with Crippen molar-refractivity contribution in [2.24, 2.45) is 5.92 Å². The van der Waals surface area contributed by atoms with E-state index in [1.807, 2.05) is 37.4 Å². The largest absolute Gasteiger partial charge is 0.444 e. The molecule has 1 aromatic rings. The van der Waals surface area contributed by atoms with Crippen LogP contribution in [0, 0.1) is 12.8 Å². The Balaban J connectivity index is 2.42. The maximum Gasteiger partial charge on any atom is 0.408 e. The van der Waals surface area contributed by atoms with Crippen molar-refractivity contribution < 1.29 is 19.1 Å². The van der Waals surface area contributed by atoms with Crippen LogP contribution in [0.4, 0.5) is 4.79 Å². The maximum atomic E-state index is 14.1. The minimum absolute atomic E-state index is 0.0536. The van der Waals surface area contributed by atoms with Crippen molar-refractivity contribution in [1.29, 1.82) is 0 Å². The fourth-order valence-electron chi connectivity index (χ4n) is 4.06. The number of benzene rings is 1. The lowest BCUT2D eigenvalue weighted by Gasteiger charge is -2.35. The van der Waals surface area contributed by atoms with Crippen molar-refractivity contribution in [3.8, 4) is 0 Å². The summed E-state index contributed by atoms with van der Waals surface area (Å²) in [6.45, 7) is 12.1. The number of aryl methyl sites for hydroxylation is 1. The molecule has 0 heterocycles. The van der Waals surface area contributed by atoms with Gasteiger partial charge in [0.1, 0.15) is 17.7 Å². The van der Waals surface area contributed by atoms with E-state index in [0.29, 0.717) is 18.7 Å². The Hall–Kier alpha value is -2.22. The normalized spacial score (nSPS) is 18.8. The smallest absolute Gasteiger partial charge is 0.408 e. The van der Waals surface area contributed by atoms with E-state index >= 15 is 0 Å². The Morgan fingerprint density at radius 3 is 2.49 bits per heavy atom. The van der Waals surface area contributed by atoms with Gasteiger partial charge in [0, 0.05) is 12.6 Å². The molecule has 2 rings (SSSR count). The second-order valence-electron chi connectivity index (χ2n) is 10.5. The number of nitrogens with zero attached hydrogens (tertiary/aromatic N) is 1. The number of carbonyl (C=O) groups is 3. The third-order valence-corrected chi connectivity index (χ3v) is 6.64. The van der Waals surface area contributed by atoms with Gasteiger partial charge in [0.05, 0.1) is 0 Å². The highest BCUT2D eigenvalue weighted by Gasteiger charge is 2.48. The van der Waals surface area contributed by atoms with Gasteiger partial charge in [0.15, 0.2) is 0 Å². The van der Waals surface area contributed by atoms with Crippen LogP contribution in [0.25, 0.3) is 0 Å². The lowest BCUT2D eigenvalue weighted by atomic mass is 10.00. The molecule has 0 aliphatic heterocycles. The summed E-state index contributed by atoms with van der Waals surface area (Å²) in [6, 6.07) is 6.18. The molecule has 1 saturated carbocycles. The van der Waals surface area contributed by atoms with Crippen molar-refractivity contribution in [3.05, 3.63) is 35.4 Å². The SMILES string of the molecule is CCCCNC(=O)C(c1cccc(C)c1)N(C(=O)C(CCSC)NC(=O)OC(C)(C)C)C1CC1C. The highest BCUT2D eigenvalue weighted by Crippen LogP contribution is 2.41. The van der Waals surface area contributed by atoms with Gasteiger partial charge in [-0.1, -0.05) is 50.1 Å². The van der Waals surface area contributed by atoms with E-state index in [1.54, 1.807) is 37.4 Å². The average molecular weight is 506 g/mol. The Morgan fingerprint density at radius 1 is 1.26 bits per heavy atom. The van der Waals surface area contributed by atoms with E-state index in [9.17, 15) is 14.4 Å². The van der Waals surface area contributed by atoms with Gasteiger partial charge in [-0.15, -0.1) is 0 Å². The number of unbranched alkanes of at least 4 members (excludes halogenated alkanes) is 1. The van der Waals surface area contributed by atoms with Crippen molar-refractivity contribution in [2.75, 3.05) is 18.6 Å². The monoisotopic (exact) mass is 505 g/mol. The van der Waals surface area contributed by atoms with Crippen molar-refractivity contribution in [2.45, 2.75) is 91.0 Å². The fraction of sp³-hybridized carbons (Fsp3) is 0.667. The Bertz CT molecular complexity index is 870. The summed E-state index contributed by atoms with van der Waals surface area (Å²) < 4.78 is 5.44. The summed E-state index contributed by atoms with van der Waals surface area (Å²) in [6.07, 6.45) is 4.46. The molecule has 8 heteroatoms. The van der Waals surface area contributed by atoms with Crippen LogP contribution in [0.5, 0.6) is 0 Å². The number of thioether (sulfide) groups is 1. The van der Waals surface area contributed by atoms with Gasteiger partial charge in [-0.2, -0.15) is 11.8 Å². The van der Waals surface area contributed by atoms with E-state index in [4.69, 9.17) is 4.74 Å². The molecule has 7 nitrogen and oxygen atoms in total. The molecule has 196 valence electrons. The molecule has 0 saturated heterocycles. The lowest BCUT2D eigenvalue weighted by molar-refractivity contribution is -0.143. The first-order chi connectivity index (χ1) is 16.5. The van der Waals surface area contributed by atoms with Gasteiger partial charge in [0.25, 0.3) is 0 Å². The molecule has 3 amide bonds. The van der Waals surface area contributed by atoms with Gasteiger partial charge in [0.2, 0.25) is 11.8 Å². The minimum Gasteiger partial charge on any atom is -0.444 e. The number of amides is 3. The zero-order chi connectivity index (χ0) is 26.2. The second-order valence-corrected chi connectivity index (χ2v) is 11.5. The van der Waals surface area contributed by atoms with Gasteiger partial charge < -0.3 is 20.3 Å². The summed E-state index contributed by atoms with van der Waals surface area (Å²) in [5.74, 6) is 0.559. The molecule has 1 fully saturated rings. The molecule has 0 radical (unpaired) electrons. The van der Waals surface area contributed by atoms with Crippen LogP contribution >= 0.6 is 11.8 Å². The average Bonchev–Trinajstić information content (AvgIpc) is 3.48. The van der Waals surface area contributed by atoms with E-state index in [1.165, 1.54) is 0 Å². The molecular weight excluding hydrogens is 462 g/mol. The van der Waals surface area contributed by atoms with Crippen molar-refractivity contribution in [3.63, 3.8) is 0 Å². The van der Waals surface area contributed by atoms with Crippen LogP contribution < -0.4 is 10.6 Å². The molecule has 35 heavy (non-hydrogen) atoms. The van der Waals surface area contributed by atoms with Crippen LogP contribution in [-0.2, 0) is 14.3 Å². The van der Waals surface area contributed by atoms with E-state index in [-0.39, 0.29) is 23.8 Å². The summed E-state index contributed by atoms with van der Waals surface area (Å²) in [7, 11) is 0. The fourth-order valence-corrected chi connectivity index (χ4v) is 4.53. The molecule has 0 aromatic heterocycles. The molecule has 2 N–H and O–H groups in total. The van der Waals surface area contributed by atoms with Crippen LogP contribution in [0.15, 0.2) is 24.3 Å². The highest BCUT2D eigenvalue weighted by atomic mass is 32.2. The highest BCUT2D eigenvalue weighted by molar-refractivity contribution is 7.98. The van der Waals surface area contributed by atoms with Gasteiger partial charge >= 0.3 is 6.09 Å². The number of hydrogen-bond acceptors (Lipinski definition) is 5. The van der Waals surface area contributed by atoms with E-state index in [2.05, 4.69) is 24.5 Å². The molecule has 4 atom stereocenters. The summed E-state index contributed by atoms with van der Waals surface area (Å²) in [5, 5.41) is 5.84. The predicted molar refractivity (Wildman–Crippen MR) is 142 cm³/mol. The first kappa shape index (κ1) is 29.0. The molecular formula is C27H43N3O4S. The Labute approximate surface area is 215 Å². The van der Waals surface area contributed by atoms with Gasteiger partial charge in [-0.05, 0) is 70.4 Å². The third-order valence-electron chi connectivity index (χ3n) is 5.99. The second kappa shape index (κ2) is 13.2. The molecule has 1 aromatic carbocycles. The summed E-state index contributed by atoms with van der Waals surface area (Å²) in [5.41, 5.74) is 1.13. The molecule has 1 aliphatic carbocycles. The van der Waals surface area contributed by atoms with E-state index in [0.717, 1.165) is 30.4 Å². The first-order valence-electron chi connectivity index (χ1n) is 12.6. The number of carbonyl (C=O) groups excluding carboxylic acids is 3. The van der Waals surface area contributed by atoms with Crippen LogP contribution in [0.2, 0.25) is 0 Å². The number of ether oxygens (including phenoxy) is 1. The van der Waals surface area contributed by atoms with Crippen molar-refractivity contribution in [1.82, 2.24) is 15.5 Å². The van der Waals surface area contributed by atoms with Gasteiger partial charge in [-0.25, -0.2) is 4.79 Å². The van der Waals surface area contributed by atoms with Crippen LogP contribution in [-0.4, -0.2) is 59.0 Å². The topological polar surface area (TPSA) is 87.7 Å². The molecule has 0 bridgehead atoms. The summed E-state index contributed by atoms with van der Waals surface area (Å²) in [4.78, 5) is 42.0. The van der Waals surface area contributed by atoms with Crippen LogP contribution in [0.1, 0.15) is 77.5 Å². The predicted octanol–water partition coefficient (Wildman–Crippen LogP) is 4.84. The lowest BCUT2D eigenvalue weighted by Crippen LogP contribution is -2.54. The number of nitrogens with one attached hydrogen (secondary N) is 2. The number of hydrogen-bond donors (Lipinski definition) is 2. The Morgan fingerprint density at radius 2 is 1.94 bits per heavy atom. The summed E-state index contributed by atoms with van der Waals surface area (Å²) >= 11 is 1.61. The molecule has 0 spiro atoms. The quantitative estimate of drug-likeness (QED) is 0.397. The molecule has 4 unspecified atom stereocenters. The number of rotatable bonds is 12. The van der Waals surface area contributed by atoms with E-state index < -0.39 is 23.8 Å². The zero-order valence-electron chi connectivity index (χ0n) is 22.3. The van der Waals surface area contributed by atoms with Crippen LogP contribution in [0.3, 0.4) is 0 Å². The first-order valence-corrected chi connectivity index (χ1v) is 14.0. The maximum absolute atomic E-state index is 14.1. The standard InChI is InChI=1S/C27H43N3O4S/c1-8-9-14-28-24(31)23(20-12-10-11-18(2)16-20)30(22-17-19(22)3)25(32)21(13-15-35-7)29-26(33)34-27(4,5)6/h10-12,16,19,21-23H,8-9,13-15,17H2,1-7H3,(H,28,31)(H,29,33). The minimum atomic E-state index is -0.777. The van der Waals surface area contributed by atoms with Crippen molar-refractivity contribution >= 4 is 29.7 Å². The Kier molecular flexibility index (Phi) is 10.9. The zero-order valence-corrected chi connectivity index (χ0v) is 23.2.